The Labute approximate surface area is 131 Å². The van der Waals surface area contributed by atoms with E-state index < -0.39 is 0 Å². The second-order valence-corrected chi connectivity index (χ2v) is 6.28. The highest BCUT2D eigenvalue weighted by molar-refractivity contribution is 8.00. The Kier molecular flexibility index (Phi) is 5.45. The molecular weight excluding hydrogens is 278 g/mol. The van der Waals surface area contributed by atoms with E-state index in [1.165, 1.54) is 11.1 Å². The number of rotatable bonds is 5. The minimum Gasteiger partial charge on any atom is -0.349 e. The minimum absolute atomic E-state index is 0.0353. The van der Waals surface area contributed by atoms with Gasteiger partial charge >= 0.3 is 0 Å². The van der Waals surface area contributed by atoms with Gasteiger partial charge in [-0.25, -0.2) is 0 Å². The lowest BCUT2D eigenvalue weighted by Gasteiger charge is -2.15. The molecule has 0 radical (unpaired) electrons. The average molecular weight is 299 g/mol. The van der Waals surface area contributed by atoms with Gasteiger partial charge in [0, 0.05) is 4.90 Å². The molecule has 2 aromatic rings. The number of aryl methyl sites for hydroxylation is 2. The maximum absolute atomic E-state index is 12.0. The lowest BCUT2D eigenvalue weighted by Crippen LogP contribution is -2.28. The molecular formula is C18H21NOS. The van der Waals surface area contributed by atoms with Crippen molar-refractivity contribution in [1.82, 2.24) is 5.32 Å². The highest BCUT2D eigenvalue weighted by Crippen LogP contribution is 2.19. The lowest BCUT2D eigenvalue weighted by molar-refractivity contribution is -0.119. The van der Waals surface area contributed by atoms with Crippen LogP contribution in [0.25, 0.3) is 0 Å². The third-order valence-corrected chi connectivity index (χ3v) is 4.53. The molecule has 0 spiro atoms. The fourth-order valence-electron chi connectivity index (χ4n) is 2.07. The van der Waals surface area contributed by atoms with Crippen molar-refractivity contribution in [3.8, 4) is 0 Å². The standard InChI is InChI=1S/C18H21NOS/c1-13-9-10-16(11-14(13)2)15(3)19-18(20)12-21-17-7-5-4-6-8-17/h4-11,15H,12H2,1-3H3,(H,19,20). The minimum atomic E-state index is 0.0353. The van der Waals surface area contributed by atoms with Crippen molar-refractivity contribution in [2.75, 3.05) is 5.75 Å². The van der Waals surface area contributed by atoms with Gasteiger partial charge < -0.3 is 5.32 Å². The monoisotopic (exact) mass is 299 g/mol. The number of benzene rings is 2. The topological polar surface area (TPSA) is 29.1 Å². The molecule has 1 N–H and O–H groups in total. The maximum Gasteiger partial charge on any atom is 0.230 e. The van der Waals surface area contributed by atoms with E-state index in [0.29, 0.717) is 5.75 Å². The molecule has 2 aromatic carbocycles. The molecule has 0 aliphatic carbocycles. The molecule has 0 bridgehead atoms. The first kappa shape index (κ1) is 15.6. The molecule has 3 heteroatoms. The Balaban J connectivity index is 1.88. The lowest BCUT2D eigenvalue weighted by atomic mass is 10.0. The quantitative estimate of drug-likeness (QED) is 0.835. The molecule has 110 valence electrons. The molecule has 0 heterocycles. The summed E-state index contributed by atoms with van der Waals surface area (Å²) in [5.41, 5.74) is 3.68. The third kappa shape index (κ3) is 4.64. The van der Waals surface area contributed by atoms with Crippen molar-refractivity contribution in [1.29, 1.82) is 0 Å². The van der Waals surface area contributed by atoms with Crippen LogP contribution < -0.4 is 5.32 Å². The third-order valence-electron chi connectivity index (χ3n) is 3.52. The molecule has 2 rings (SSSR count). The van der Waals surface area contributed by atoms with Gasteiger partial charge in [0.2, 0.25) is 5.91 Å². The van der Waals surface area contributed by atoms with E-state index in [4.69, 9.17) is 0 Å². The summed E-state index contributed by atoms with van der Waals surface area (Å²) in [6, 6.07) is 16.3. The molecule has 0 aliphatic rings. The summed E-state index contributed by atoms with van der Waals surface area (Å²) in [6.07, 6.45) is 0. The summed E-state index contributed by atoms with van der Waals surface area (Å²) in [5.74, 6) is 0.508. The van der Waals surface area contributed by atoms with Gasteiger partial charge in [0.05, 0.1) is 11.8 Å². The first-order valence-electron chi connectivity index (χ1n) is 7.10. The molecule has 1 atom stereocenters. The smallest absolute Gasteiger partial charge is 0.230 e. The normalized spacial score (nSPS) is 12.0. The van der Waals surface area contributed by atoms with Crippen molar-refractivity contribution >= 4 is 17.7 Å². The van der Waals surface area contributed by atoms with E-state index in [1.54, 1.807) is 11.8 Å². The first-order chi connectivity index (χ1) is 10.1. The molecule has 21 heavy (non-hydrogen) atoms. The van der Waals surface area contributed by atoms with Crippen LogP contribution >= 0.6 is 11.8 Å². The van der Waals surface area contributed by atoms with Crippen LogP contribution in [0.3, 0.4) is 0 Å². The number of carbonyl (C=O) groups excluding carboxylic acids is 1. The van der Waals surface area contributed by atoms with Crippen molar-refractivity contribution in [3.63, 3.8) is 0 Å². The van der Waals surface area contributed by atoms with Crippen LogP contribution in [0.15, 0.2) is 53.4 Å². The number of amides is 1. The van der Waals surface area contributed by atoms with Gasteiger partial charge in [0.1, 0.15) is 0 Å². The van der Waals surface area contributed by atoms with E-state index in [-0.39, 0.29) is 11.9 Å². The molecule has 0 fully saturated rings. The predicted octanol–water partition coefficient (Wildman–Crippen LogP) is 4.27. The summed E-state index contributed by atoms with van der Waals surface area (Å²) in [5, 5.41) is 3.05. The van der Waals surface area contributed by atoms with Crippen molar-refractivity contribution < 1.29 is 4.79 Å². The zero-order valence-corrected chi connectivity index (χ0v) is 13.5. The Hall–Kier alpha value is -1.74. The maximum atomic E-state index is 12.0. The van der Waals surface area contributed by atoms with Crippen LogP contribution in [0.1, 0.15) is 29.7 Å². The average Bonchev–Trinajstić information content (AvgIpc) is 2.49. The molecule has 1 unspecified atom stereocenters. The van der Waals surface area contributed by atoms with Crippen LogP contribution in [0.2, 0.25) is 0 Å². The Morgan fingerprint density at radius 3 is 2.48 bits per heavy atom. The van der Waals surface area contributed by atoms with Crippen LogP contribution in [-0.4, -0.2) is 11.7 Å². The second-order valence-electron chi connectivity index (χ2n) is 5.23. The van der Waals surface area contributed by atoms with Gasteiger partial charge in [-0.05, 0) is 49.6 Å². The molecule has 0 saturated heterocycles. The van der Waals surface area contributed by atoms with Crippen LogP contribution in [0.4, 0.5) is 0 Å². The van der Waals surface area contributed by atoms with Gasteiger partial charge in [-0.15, -0.1) is 11.8 Å². The zero-order chi connectivity index (χ0) is 15.2. The van der Waals surface area contributed by atoms with E-state index in [0.717, 1.165) is 10.5 Å². The number of hydrogen-bond acceptors (Lipinski definition) is 2. The van der Waals surface area contributed by atoms with Crippen LogP contribution in [0.5, 0.6) is 0 Å². The van der Waals surface area contributed by atoms with Crippen LogP contribution in [0, 0.1) is 13.8 Å². The summed E-state index contributed by atoms with van der Waals surface area (Å²) in [7, 11) is 0. The Bertz CT molecular complexity index is 610. The van der Waals surface area contributed by atoms with Gasteiger partial charge in [-0.3, -0.25) is 4.79 Å². The van der Waals surface area contributed by atoms with Gasteiger partial charge in [-0.1, -0.05) is 36.4 Å². The molecule has 0 saturated carbocycles. The highest BCUT2D eigenvalue weighted by Gasteiger charge is 2.10. The summed E-state index contributed by atoms with van der Waals surface area (Å²) < 4.78 is 0. The summed E-state index contributed by atoms with van der Waals surface area (Å²) >= 11 is 1.56. The molecule has 1 amide bonds. The second kappa shape index (κ2) is 7.32. The zero-order valence-electron chi connectivity index (χ0n) is 12.7. The number of thioether (sulfide) groups is 1. The number of carbonyl (C=O) groups is 1. The molecule has 2 nitrogen and oxygen atoms in total. The van der Waals surface area contributed by atoms with Crippen molar-refractivity contribution in [2.45, 2.75) is 31.7 Å². The van der Waals surface area contributed by atoms with E-state index in [9.17, 15) is 4.79 Å². The fourth-order valence-corrected chi connectivity index (χ4v) is 2.80. The van der Waals surface area contributed by atoms with Gasteiger partial charge in [-0.2, -0.15) is 0 Å². The predicted molar refractivity (Wildman–Crippen MR) is 89.6 cm³/mol. The SMILES string of the molecule is Cc1ccc(C(C)NC(=O)CSc2ccccc2)cc1C. The van der Waals surface area contributed by atoms with Gasteiger partial charge in [0.25, 0.3) is 0 Å². The highest BCUT2D eigenvalue weighted by atomic mass is 32.2. The fraction of sp³-hybridized carbons (Fsp3) is 0.278. The summed E-state index contributed by atoms with van der Waals surface area (Å²) in [4.78, 5) is 13.1. The van der Waals surface area contributed by atoms with E-state index in [2.05, 4.69) is 37.4 Å². The summed E-state index contributed by atoms with van der Waals surface area (Å²) in [6.45, 7) is 6.21. The van der Waals surface area contributed by atoms with Gasteiger partial charge in [0.15, 0.2) is 0 Å². The van der Waals surface area contributed by atoms with E-state index in [1.807, 2.05) is 37.3 Å². The number of hydrogen-bond donors (Lipinski definition) is 1. The molecule has 0 aromatic heterocycles. The molecule has 0 aliphatic heterocycles. The first-order valence-corrected chi connectivity index (χ1v) is 8.09. The van der Waals surface area contributed by atoms with Crippen molar-refractivity contribution in [3.05, 3.63) is 65.2 Å². The van der Waals surface area contributed by atoms with Crippen molar-refractivity contribution in [2.24, 2.45) is 0 Å². The Morgan fingerprint density at radius 1 is 1.10 bits per heavy atom. The van der Waals surface area contributed by atoms with Crippen LogP contribution in [-0.2, 0) is 4.79 Å². The number of nitrogens with one attached hydrogen (secondary N) is 1. The van der Waals surface area contributed by atoms with E-state index >= 15 is 0 Å². The Morgan fingerprint density at radius 2 is 1.81 bits per heavy atom. The largest absolute Gasteiger partial charge is 0.349 e.